The Hall–Kier alpha value is -0.570. The van der Waals surface area contributed by atoms with Crippen LogP contribution >= 0.6 is 11.6 Å². The highest BCUT2D eigenvalue weighted by molar-refractivity contribution is 6.30. The largest absolute Gasteiger partial charge is 0.375 e. The molecular formula is C14H22ClNO. The second kappa shape index (κ2) is 6.39. The molecule has 0 spiro atoms. The molecule has 0 aliphatic heterocycles. The summed E-state index contributed by atoms with van der Waals surface area (Å²) in [5, 5.41) is 4.20. The third-order valence-corrected chi connectivity index (χ3v) is 2.71. The second-order valence-corrected chi connectivity index (χ2v) is 5.62. The minimum Gasteiger partial charge on any atom is -0.375 e. The first-order valence-corrected chi connectivity index (χ1v) is 6.39. The first kappa shape index (κ1) is 14.5. The molecular weight excluding hydrogens is 234 g/mol. The summed E-state index contributed by atoms with van der Waals surface area (Å²) in [5.41, 5.74) is 1.18. The zero-order valence-electron chi connectivity index (χ0n) is 11.1. The van der Waals surface area contributed by atoms with E-state index in [0.717, 1.165) is 18.2 Å². The van der Waals surface area contributed by atoms with Crippen molar-refractivity contribution in [2.24, 2.45) is 0 Å². The van der Waals surface area contributed by atoms with Crippen LogP contribution in [0, 0.1) is 0 Å². The average molecular weight is 256 g/mol. The molecule has 1 N–H and O–H groups in total. The van der Waals surface area contributed by atoms with Crippen LogP contribution in [0.1, 0.15) is 39.3 Å². The molecule has 0 saturated carbocycles. The maximum absolute atomic E-state index is 5.85. The topological polar surface area (TPSA) is 21.3 Å². The predicted octanol–water partition coefficient (Wildman–Crippen LogP) is 3.81. The van der Waals surface area contributed by atoms with E-state index in [1.54, 1.807) is 0 Å². The molecule has 0 saturated heterocycles. The van der Waals surface area contributed by atoms with Crippen molar-refractivity contribution < 1.29 is 4.74 Å². The molecule has 2 nitrogen and oxygen atoms in total. The minimum absolute atomic E-state index is 0.0643. The lowest BCUT2D eigenvalue weighted by Gasteiger charge is -2.21. The van der Waals surface area contributed by atoms with Crippen molar-refractivity contribution in [2.45, 2.75) is 39.3 Å². The summed E-state index contributed by atoms with van der Waals surface area (Å²) in [6, 6.07) is 8.24. The van der Waals surface area contributed by atoms with Gasteiger partial charge in [0.15, 0.2) is 0 Å². The van der Waals surface area contributed by atoms with E-state index in [2.05, 4.69) is 33.0 Å². The van der Waals surface area contributed by atoms with Crippen LogP contribution in [0.3, 0.4) is 0 Å². The third kappa shape index (κ3) is 6.06. The van der Waals surface area contributed by atoms with Crippen molar-refractivity contribution in [3.8, 4) is 0 Å². The van der Waals surface area contributed by atoms with Crippen molar-refractivity contribution >= 4 is 11.6 Å². The number of ether oxygens (including phenoxy) is 1. The van der Waals surface area contributed by atoms with Gasteiger partial charge in [0.1, 0.15) is 0 Å². The highest BCUT2D eigenvalue weighted by Gasteiger charge is 2.10. The van der Waals surface area contributed by atoms with Gasteiger partial charge in [0.25, 0.3) is 0 Å². The number of halogens is 1. The van der Waals surface area contributed by atoms with Gasteiger partial charge in [-0.2, -0.15) is 0 Å². The van der Waals surface area contributed by atoms with E-state index in [-0.39, 0.29) is 5.60 Å². The zero-order valence-corrected chi connectivity index (χ0v) is 11.8. The standard InChI is InChI=1S/C14H22ClNO/c1-11(12-5-7-13(15)8-6-12)16-9-10-17-14(2,3)4/h5-8,11,16H,9-10H2,1-4H3. The Morgan fingerprint density at radius 2 is 1.82 bits per heavy atom. The van der Waals surface area contributed by atoms with Crippen molar-refractivity contribution in [2.75, 3.05) is 13.2 Å². The number of benzene rings is 1. The maximum Gasteiger partial charge on any atom is 0.0599 e. The molecule has 0 aliphatic carbocycles. The number of nitrogens with one attached hydrogen (secondary N) is 1. The van der Waals surface area contributed by atoms with Gasteiger partial charge in [0, 0.05) is 17.6 Å². The summed E-state index contributed by atoms with van der Waals surface area (Å²) in [6.45, 7) is 9.91. The van der Waals surface area contributed by atoms with E-state index >= 15 is 0 Å². The van der Waals surface area contributed by atoms with Crippen LogP contribution in [0.25, 0.3) is 0 Å². The molecule has 1 atom stereocenters. The van der Waals surface area contributed by atoms with Crippen LogP contribution in [0.15, 0.2) is 24.3 Å². The molecule has 96 valence electrons. The van der Waals surface area contributed by atoms with Crippen molar-refractivity contribution in [1.82, 2.24) is 5.32 Å². The predicted molar refractivity (Wildman–Crippen MR) is 73.6 cm³/mol. The van der Waals surface area contributed by atoms with Gasteiger partial charge in [-0.3, -0.25) is 0 Å². The van der Waals surface area contributed by atoms with Crippen LogP contribution in [0.2, 0.25) is 5.02 Å². The monoisotopic (exact) mass is 255 g/mol. The Balaban J connectivity index is 2.30. The van der Waals surface area contributed by atoms with E-state index in [0.29, 0.717) is 6.04 Å². The number of rotatable bonds is 5. The summed E-state index contributed by atoms with van der Waals surface area (Å²) in [6.07, 6.45) is 0. The van der Waals surface area contributed by atoms with Crippen LogP contribution in [0.4, 0.5) is 0 Å². The molecule has 1 aromatic rings. The lowest BCUT2D eigenvalue weighted by atomic mass is 10.1. The van der Waals surface area contributed by atoms with Gasteiger partial charge in [0.2, 0.25) is 0 Å². The maximum atomic E-state index is 5.85. The Kier molecular flexibility index (Phi) is 5.44. The van der Waals surface area contributed by atoms with Gasteiger partial charge in [-0.15, -0.1) is 0 Å². The minimum atomic E-state index is -0.0643. The molecule has 0 amide bonds. The normalized spacial score (nSPS) is 13.7. The molecule has 17 heavy (non-hydrogen) atoms. The van der Waals surface area contributed by atoms with Crippen molar-refractivity contribution in [3.05, 3.63) is 34.9 Å². The Morgan fingerprint density at radius 1 is 1.24 bits per heavy atom. The molecule has 0 heterocycles. The van der Waals surface area contributed by atoms with Gasteiger partial charge < -0.3 is 10.1 Å². The summed E-state index contributed by atoms with van der Waals surface area (Å²) in [4.78, 5) is 0. The SMILES string of the molecule is CC(NCCOC(C)(C)C)c1ccc(Cl)cc1. The van der Waals surface area contributed by atoms with Crippen LogP contribution in [-0.4, -0.2) is 18.8 Å². The summed E-state index contributed by atoms with van der Waals surface area (Å²) in [7, 11) is 0. The van der Waals surface area contributed by atoms with Gasteiger partial charge in [-0.25, -0.2) is 0 Å². The molecule has 0 radical (unpaired) electrons. The Morgan fingerprint density at radius 3 is 2.35 bits per heavy atom. The zero-order chi connectivity index (χ0) is 12.9. The van der Waals surface area contributed by atoms with Gasteiger partial charge in [-0.05, 0) is 45.4 Å². The van der Waals surface area contributed by atoms with Crippen molar-refractivity contribution in [1.29, 1.82) is 0 Å². The smallest absolute Gasteiger partial charge is 0.0599 e. The highest BCUT2D eigenvalue weighted by Crippen LogP contribution is 2.15. The van der Waals surface area contributed by atoms with Crippen LogP contribution in [0.5, 0.6) is 0 Å². The number of hydrogen-bond donors (Lipinski definition) is 1. The van der Waals surface area contributed by atoms with E-state index in [4.69, 9.17) is 16.3 Å². The third-order valence-electron chi connectivity index (χ3n) is 2.46. The van der Waals surface area contributed by atoms with Crippen LogP contribution < -0.4 is 5.32 Å². The average Bonchev–Trinajstić information content (AvgIpc) is 2.24. The summed E-state index contributed by atoms with van der Waals surface area (Å²) < 4.78 is 5.65. The second-order valence-electron chi connectivity index (χ2n) is 5.19. The van der Waals surface area contributed by atoms with Gasteiger partial charge >= 0.3 is 0 Å². The van der Waals surface area contributed by atoms with E-state index in [1.165, 1.54) is 5.56 Å². The highest BCUT2D eigenvalue weighted by atomic mass is 35.5. The van der Waals surface area contributed by atoms with Crippen molar-refractivity contribution in [3.63, 3.8) is 0 Å². The van der Waals surface area contributed by atoms with E-state index < -0.39 is 0 Å². The van der Waals surface area contributed by atoms with Gasteiger partial charge in [0.05, 0.1) is 12.2 Å². The Labute approximate surface area is 109 Å². The molecule has 1 aromatic carbocycles. The molecule has 1 unspecified atom stereocenters. The fourth-order valence-electron chi connectivity index (χ4n) is 1.50. The molecule has 0 bridgehead atoms. The molecule has 1 rings (SSSR count). The van der Waals surface area contributed by atoms with Gasteiger partial charge in [-0.1, -0.05) is 23.7 Å². The lowest BCUT2D eigenvalue weighted by molar-refractivity contribution is -0.00149. The van der Waals surface area contributed by atoms with E-state index in [1.807, 2.05) is 24.3 Å². The first-order valence-electron chi connectivity index (χ1n) is 6.01. The van der Waals surface area contributed by atoms with E-state index in [9.17, 15) is 0 Å². The lowest BCUT2D eigenvalue weighted by Crippen LogP contribution is -2.28. The molecule has 0 aliphatic rings. The fraction of sp³-hybridized carbons (Fsp3) is 0.571. The molecule has 0 aromatic heterocycles. The quantitative estimate of drug-likeness (QED) is 0.808. The first-order chi connectivity index (χ1) is 7.88. The number of hydrogen-bond acceptors (Lipinski definition) is 2. The molecule has 0 fully saturated rings. The van der Waals surface area contributed by atoms with Crippen LogP contribution in [-0.2, 0) is 4.74 Å². The Bertz CT molecular complexity index is 329. The molecule has 3 heteroatoms. The fourth-order valence-corrected chi connectivity index (χ4v) is 1.63. The summed E-state index contributed by atoms with van der Waals surface area (Å²) in [5.74, 6) is 0. The summed E-state index contributed by atoms with van der Waals surface area (Å²) >= 11 is 5.85.